The number of benzene rings is 1. The monoisotopic (exact) mass is 317 g/mol. The molecular formula is C9H12IN5. The molecule has 0 aromatic heterocycles. The Morgan fingerprint density at radius 3 is 2.40 bits per heavy atom. The van der Waals surface area contributed by atoms with E-state index < -0.39 is 0 Å². The number of halogens is 1. The van der Waals surface area contributed by atoms with Crippen molar-refractivity contribution in [3.8, 4) is 0 Å². The fourth-order valence-electron chi connectivity index (χ4n) is 0.882. The standard InChI is InChI=1S/C9H12IN5/c1-13-8(11)15-9(12)14-7-4-2-6(10)3-5-7/h2-5H,1H3,(H5,11,12,13,14,15). The van der Waals surface area contributed by atoms with E-state index in [9.17, 15) is 0 Å². The molecule has 0 amide bonds. The summed E-state index contributed by atoms with van der Waals surface area (Å²) in [6, 6.07) is 7.74. The third-order valence-electron chi connectivity index (χ3n) is 1.58. The van der Waals surface area contributed by atoms with Crippen LogP contribution in [0.3, 0.4) is 0 Å². The number of guanidine groups is 2. The van der Waals surface area contributed by atoms with Gasteiger partial charge in [-0.1, -0.05) is 0 Å². The highest BCUT2D eigenvalue weighted by Gasteiger charge is 1.95. The van der Waals surface area contributed by atoms with E-state index in [1.807, 2.05) is 24.3 Å². The minimum atomic E-state index is 0.144. The molecule has 0 saturated carbocycles. The Morgan fingerprint density at radius 1 is 1.27 bits per heavy atom. The molecule has 5 N–H and O–H groups in total. The minimum Gasteiger partial charge on any atom is -0.369 e. The minimum absolute atomic E-state index is 0.144. The highest BCUT2D eigenvalue weighted by Crippen LogP contribution is 2.10. The van der Waals surface area contributed by atoms with Gasteiger partial charge in [0.1, 0.15) is 0 Å². The molecule has 0 unspecified atom stereocenters. The molecule has 0 aliphatic heterocycles. The fourth-order valence-corrected chi connectivity index (χ4v) is 1.24. The zero-order valence-electron chi connectivity index (χ0n) is 8.24. The Balaban J connectivity index is 2.70. The van der Waals surface area contributed by atoms with Gasteiger partial charge in [-0.05, 0) is 46.9 Å². The van der Waals surface area contributed by atoms with E-state index in [0.717, 1.165) is 9.26 Å². The molecular weight excluding hydrogens is 305 g/mol. The van der Waals surface area contributed by atoms with Gasteiger partial charge in [-0.3, -0.25) is 4.99 Å². The zero-order chi connectivity index (χ0) is 11.3. The number of aliphatic imine (C=N–C) groups is 2. The van der Waals surface area contributed by atoms with E-state index in [1.54, 1.807) is 7.05 Å². The van der Waals surface area contributed by atoms with Crippen molar-refractivity contribution >= 4 is 40.2 Å². The number of anilines is 1. The van der Waals surface area contributed by atoms with Crippen molar-refractivity contribution in [2.75, 3.05) is 12.4 Å². The summed E-state index contributed by atoms with van der Waals surface area (Å²) in [5, 5.41) is 2.90. The van der Waals surface area contributed by atoms with Crippen LogP contribution in [0.1, 0.15) is 0 Å². The number of nitrogens with one attached hydrogen (secondary N) is 1. The van der Waals surface area contributed by atoms with Crippen molar-refractivity contribution < 1.29 is 0 Å². The topological polar surface area (TPSA) is 88.8 Å². The largest absolute Gasteiger partial charge is 0.369 e. The number of nitrogens with zero attached hydrogens (tertiary/aromatic N) is 2. The highest BCUT2D eigenvalue weighted by atomic mass is 127. The molecule has 0 aliphatic carbocycles. The molecule has 15 heavy (non-hydrogen) atoms. The van der Waals surface area contributed by atoms with Crippen LogP contribution in [0.5, 0.6) is 0 Å². The zero-order valence-corrected chi connectivity index (χ0v) is 10.4. The van der Waals surface area contributed by atoms with Crippen LogP contribution in [0, 0.1) is 3.57 Å². The van der Waals surface area contributed by atoms with Crippen LogP contribution in [-0.2, 0) is 0 Å². The van der Waals surface area contributed by atoms with Crippen molar-refractivity contribution in [3.63, 3.8) is 0 Å². The predicted molar refractivity (Wildman–Crippen MR) is 72.0 cm³/mol. The smallest absolute Gasteiger partial charge is 0.218 e. The van der Waals surface area contributed by atoms with E-state index >= 15 is 0 Å². The van der Waals surface area contributed by atoms with Gasteiger partial charge in [0.15, 0.2) is 0 Å². The Hall–Kier alpha value is -1.31. The molecule has 0 atom stereocenters. The maximum Gasteiger partial charge on any atom is 0.218 e. The van der Waals surface area contributed by atoms with Gasteiger partial charge in [-0.2, -0.15) is 4.99 Å². The highest BCUT2D eigenvalue weighted by molar-refractivity contribution is 14.1. The summed E-state index contributed by atoms with van der Waals surface area (Å²) in [5.74, 6) is 0.366. The average Bonchev–Trinajstić information content (AvgIpc) is 2.21. The van der Waals surface area contributed by atoms with Crippen LogP contribution >= 0.6 is 22.6 Å². The third kappa shape index (κ3) is 4.15. The fraction of sp³-hybridized carbons (Fsp3) is 0.111. The normalized spacial score (nSPS) is 12.7. The van der Waals surface area contributed by atoms with Crippen LogP contribution in [-0.4, -0.2) is 19.0 Å². The molecule has 1 aromatic rings. The number of rotatable bonds is 1. The summed E-state index contributed by atoms with van der Waals surface area (Å²) in [6.45, 7) is 0. The van der Waals surface area contributed by atoms with Gasteiger partial charge in [0, 0.05) is 16.3 Å². The third-order valence-corrected chi connectivity index (χ3v) is 2.30. The summed E-state index contributed by atoms with van der Waals surface area (Å²) in [4.78, 5) is 7.49. The maximum absolute atomic E-state index is 5.60. The molecule has 5 nitrogen and oxygen atoms in total. The quantitative estimate of drug-likeness (QED) is 0.409. The van der Waals surface area contributed by atoms with Crippen LogP contribution in [0.25, 0.3) is 0 Å². The number of nitrogens with two attached hydrogens (primary N) is 2. The molecule has 1 rings (SSSR count). The molecule has 6 heteroatoms. The summed E-state index contributed by atoms with van der Waals surface area (Å²) in [5.41, 5.74) is 11.9. The lowest BCUT2D eigenvalue weighted by Gasteiger charge is -2.04. The lowest BCUT2D eigenvalue weighted by Crippen LogP contribution is -2.26. The van der Waals surface area contributed by atoms with Crippen LogP contribution in [0.15, 0.2) is 34.3 Å². The lowest BCUT2D eigenvalue weighted by molar-refractivity contribution is 1.34. The van der Waals surface area contributed by atoms with Gasteiger partial charge >= 0.3 is 0 Å². The van der Waals surface area contributed by atoms with E-state index in [2.05, 4.69) is 37.9 Å². The maximum atomic E-state index is 5.60. The van der Waals surface area contributed by atoms with E-state index in [4.69, 9.17) is 11.5 Å². The SMILES string of the molecule is CN=C(N)/N=C(\N)Nc1ccc(I)cc1. The second-order valence-electron chi connectivity index (χ2n) is 2.71. The van der Waals surface area contributed by atoms with Crippen LogP contribution < -0.4 is 16.8 Å². The van der Waals surface area contributed by atoms with Gasteiger partial charge in [0.2, 0.25) is 11.9 Å². The van der Waals surface area contributed by atoms with Gasteiger partial charge in [0.05, 0.1) is 0 Å². The first kappa shape index (κ1) is 11.8. The molecule has 0 radical (unpaired) electrons. The van der Waals surface area contributed by atoms with Crippen LogP contribution in [0.2, 0.25) is 0 Å². The summed E-state index contributed by atoms with van der Waals surface area (Å²) in [7, 11) is 1.55. The average molecular weight is 317 g/mol. The molecule has 0 bridgehead atoms. The Bertz CT molecular complexity index is 382. The van der Waals surface area contributed by atoms with E-state index in [1.165, 1.54) is 0 Å². The summed E-state index contributed by atoms with van der Waals surface area (Å²) < 4.78 is 1.16. The van der Waals surface area contributed by atoms with E-state index in [-0.39, 0.29) is 11.9 Å². The Labute approximate surface area is 102 Å². The molecule has 80 valence electrons. The van der Waals surface area contributed by atoms with Gasteiger partial charge in [-0.25, -0.2) is 0 Å². The molecule has 0 spiro atoms. The second kappa shape index (κ2) is 5.54. The first-order valence-electron chi connectivity index (χ1n) is 4.21. The summed E-state index contributed by atoms with van der Waals surface area (Å²) in [6.07, 6.45) is 0. The predicted octanol–water partition coefficient (Wildman–Crippen LogP) is 0.962. The summed E-state index contributed by atoms with van der Waals surface area (Å²) >= 11 is 2.23. The van der Waals surface area contributed by atoms with Crippen molar-refractivity contribution in [2.45, 2.75) is 0 Å². The van der Waals surface area contributed by atoms with Gasteiger partial charge < -0.3 is 16.8 Å². The first-order valence-corrected chi connectivity index (χ1v) is 5.28. The number of hydrogen-bond acceptors (Lipinski definition) is 1. The van der Waals surface area contributed by atoms with Crippen molar-refractivity contribution in [3.05, 3.63) is 27.8 Å². The van der Waals surface area contributed by atoms with Gasteiger partial charge in [-0.15, -0.1) is 0 Å². The molecule has 0 heterocycles. The Kier molecular flexibility index (Phi) is 4.35. The van der Waals surface area contributed by atoms with Crippen molar-refractivity contribution in [1.82, 2.24) is 0 Å². The van der Waals surface area contributed by atoms with Crippen LogP contribution in [0.4, 0.5) is 5.69 Å². The second-order valence-corrected chi connectivity index (χ2v) is 3.96. The Morgan fingerprint density at radius 2 is 1.87 bits per heavy atom. The number of hydrogen-bond donors (Lipinski definition) is 3. The van der Waals surface area contributed by atoms with Crippen molar-refractivity contribution in [2.24, 2.45) is 21.5 Å². The van der Waals surface area contributed by atoms with Gasteiger partial charge in [0.25, 0.3) is 0 Å². The van der Waals surface area contributed by atoms with E-state index in [0.29, 0.717) is 0 Å². The molecule has 0 saturated heterocycles. The molecule has 1 aromatic carbocycles. The molecule has 0 aliphatic rings. The van der Waals surface area contributed by atoms with Crippen molar-refractivity contribution in [1.29, 1.82) is 0 Å². The first-order chi connectivity index (χ1) is 7.11. The lowest BCUT2D eigenvalue weighted by atomic mass is 10.3. The molecule has 0 fully saturated rings.